The lowest BCUT2D eigenvalue weighted by molar-refractivity contribution is 0.487. The molecule has 7 aromatic carbocycles. The van der Waals surface area contributed by atoms with Crippen molar-refractivity contribution in [3.63, 3.8) is 0 Å². The van der Waals surface area contributed by atoms with Crippen LogP contribution in [-0.2, 0) is 13.1 Å². The van der Waals surface area contributed by atoms with Gasteiger partial charge in [0.05, 0.1) is 0 Å². The number of hydrogen-bond donors (Lipinski definition) is 0. The van der Waals surface area contributed by atoms with Crippen molar-refractivity contribution in [2.24, 2.45) is 0 Å². The highest BCUT2D eigenvalue weighted by Gasteiger charge is 2.28. The predicted octanol–water partition coefficient (Wildman–Crippen LogP) is 11.9. The smallest absolute Gasteiger partial charge is 0.136 e. The van der Waals surface area contributed by atoms with E-state index in [0.29, 0.717) is 16.9 Å². The Hall–Kier alpha value is -4.27. The van der Waals surface area contributed by atoms with Crippen LogP contribution in [0.2, 0.25) is 5.02 Å². The third-order valence-electron chi connectivity index (χ3n) is 9.87. The summed E-state index contributed by atoms with van der Waals surface area (Å²) in [5.41, 5.74) is 9.46. The number of ether oxygens (including phenoxy) is 1. The number of para-hydroxylation sites is 1. The van der Waals surface area contributed by atoms with Crippen molar-refractivity contribution in [1.82, 2.24) is 0 Å². The molecule has 0 aliphatic carbocycles. The molecule has 0 fully saturated rings. The molecular formula is C40H32ClNO. The van der Waals surface area contributed by atoms with E-state index in [4.69, 9.17) is 16.3 Å². The SMILES string of the molecule is CC(C)c1cccc(C(C)C)c1N1Cc2ccc3c4ccc5c6c(ccc(c7ccc(c2c37)C1)c64)-c1ccc(Cl)cc1O5. The largest absolute Gasteiger partial charge is 0.456 e. The van der Waals surface area contributed by atoms with Crippen LogP contribution in [0.5, 0.6) is 11.5 Å². The molecule has 210 valence electrons. The highest BCUT2D eigenvalue weighted by Crippen LogP contribution is 2.53. The van der Waals surface area contributed by atoms with E-state index in [9.17, 15) is 0 Å². The van der Waals surface area contributed by atoms with E-state index >= 15 is 0 Å². The summed E-state index contributed by atoms with van der Waals surface area (Å²) in [6.45, 7) is 11.1. The van der Waals surface area contributed by atoms with Crippen LogP contribution in [0.25, 0.3) is 54.2 Å². The lowest BCUT2D eigenvalue weighted by Crippen LogP contribution is -2.28. The maximum absolute atomic E-state index is 6.45. The zero-order valence-corrected chi connectivity index (χ0v) is 25.6. The summed E-state index contributed by atoms with van der Waals surface area (Å²) in [6, 6.07) is 31.4. The molecule has 0 unspecified atom stereocenters. The molecule has 0 spiro atoms. The number of hydrogen-bond acceptors (Lipinski definition) is 2. The first-order valence-corrected chi connectivity index (χ1v) is 15.8. The zero-order valence-electron chi connectivity index (χ0n) is 24.9. The van der Waals surface area contributed by atoms with Crippen LogP contribution in [0.4, 0.5) is 5.69 Å². The summed E-state index contributed by atoms with van der Waals surface area (Å²) in [4.78, 5) is 2.63. The molecule has 3 heteroatoms. The van der Waals surface area contributed by atoms with Crippen LogP contribution in [0.15, 0.2) is 84.9 Å². The van der Waals surface area contributed by atoms with Gasteiger partial charge in [0.1, 0.15) is 11.5 Å². The third-order valence-corrected chi connectivity index (χ3v) is 10.1. The molecule has 0 atom stereocenters. The molecule has 7 aromatic rings. The van der Waals surface area contributed by atoms with E-state index in [1.54, 1.807) is 0 Å². The second kappa shape index (κ2) is 8.88. The number of fused-ring (bicyclic) bond motifs is 4. The van der Waals surface area contributed by atoms with Gasteiger partial charge in [-0.05, 0) is 96.2 Å². The summed E-state index contributed by atoms with van der Waals surface area (Å²) >= 11 is 6.34. The summed E-state index contributed by atoms with van der Waals surface area (Å²) in [6.07, 6.45) is 0. The van der Waals surface area contributed by atoms with Gasteiger partial charge in [0.2, 0.25) is 0 Å². The number of anilines is 1. The highest BCUT2D eigenvalue weighted by atomic mass is 35.5. The number of benzene rings is 7. The molecule has 0 saturated carbocycles. The first-order valence-electron chi connectivity index (χ1n) is 15.4. The number of rotatable bonds is 3. The summed E-state index contributed by atoms with van der Waals surface area (Å²) in [7, 11) is 0. The maximum Gasteiger partial charge on any atom is 0.136 e. The lowest BCUT2D eigenvalue weighted by atomic mass is 9.83. The Morgan fingerprint density at radius 2 is 1.14 bits per heavy atom. The van der Waals surface area contributed by atoms with E-state index in [-0.39, 0.29) is 0 Å². The van der Waals surface area contributed by atoms with Gasteiger partial charge in [-0.2, -0.15) is 0 Å². The summed E-state index contributed by atoms with van der Waals surface area (Å²) in [5, 5.41) is 11.3. The molecule has 0 aromatic heterocycles. The minimum Gasteiger partial charge on any atom is -0.456 e. The van der Waals surface area contributed by atoms with Gasteiger partial charge >= 0.3 is 0 Å². The molecule has 2 heterocycles. The molecule has 0 saturated heterocycles. The standard InChI is InChI=1S/C40H32ClNO/c1-21(2)26-6-5-7-27(22(3)4)40(26)42-19-23-8-11-30-32-15-14-29-28-13-10-25(41)18-35(28)43-34-17-16-33(38(32)39(29)34)31-12-9-24(20-42)36(23)37(30)31/h5-18,21-22H,19-20H2,1-4H3. The molecule has 0 bridgehead atoms. The molecule has 43 heavy (non-hydrogen) atoms. The van der Waals surface area contributed by atoms with Crippen LogP contribution in [0.3, 0.4) is 0 Å². The van der Waals surface area contributed by atoms with Crippen LogP contribution in [0, 0.1) is 0 Å². The molecule has 0 amide bonds. The Kier molecular flexibility index (Phi) is 5.21. The van der Waals surface area contributed by atoms with E-state index < -0.39 is 0 Å². The number of nitrogens with zero attached hydrogens (tertiary/aromatic N) is 1. The summed E-state index contributed by atoms with van der Waals surface area (Å²) < 4.78 is 6.45. The van der Waals surface area contributed by atoms with Gasteiger partial charge in [0, 0.05) is 46.2 Å². The molecule has 2 aliphatic heterocycles. The Morgan fingerprint density at radius 1 is 0.581 bits per heavy atom. The topological polar surface area (TPSA) is 12.5 Å². The van der Waals surface area contributed by atoms with Gasteiger partial charge in [-0.3, -0.25) is 0 Å². The van der Waals surface area contributed by atoms with Crippen molar-refractivity contribution >= 4 is 60.4 Å². The summed E-state index contributed by atoms with van der Waals surface area (Å²) in [5.74, 6) is 2.66. The fourth-order valence-electron chi connectivity index (χ4n) is 8.00. The number of halogens is 1. The van der Waals surface area contributed by atoms with Gasteiger partial charge in [0.15, 0.2) is 0 Å². The van der Waals surface area contributed by atoms with E-state index in [1.165, 1.54) is 76.6 Å². The Labute approximate surface area is 256 Å². The molecule has 0 N–H and O–H groups in total. The second-order valence-corrected chi connectivity index (χ2v) is 13.4. The predicted molar refractivity (Wildman–Crippen MR) is 183 cm³/mol. The minimum atomic E-state index is 0.469. The average Bonchev–Trinajstić information content (AvgIpc) is 3.01. The van der Waals surface area contributed by atoms with Crippen LogP contribution in [-0.4, -0.2) is 0 Å². The molecule has 2 aliphatic rings. The fraction of sp³-hybridized carbons (Fsp3) is 0.200. The van der Waals surface area contributed by atoms with Gasteiger partial charge in [-0.25, -0.2) is 0 Å². The van der Waals surface area contributed by atoms with Crippen molar-refractivity contribution in [2.45, 2.75) is 52.6 Å². The maximum atomic E-state index is 6.45. The Bertz CT molecular complexity index is 2210. The van der Waals surface area contributed by atoms with Crippen molar-refractivity contribution in [2.75, 3.05) is 4.90 Å². The van der Waals surface area contributed by atoms with Crippen molar-refractivity contribution in [3.8, 4) is 22.6 Å². The molecule has 2 nitrogen and oxygen atoms in total. The van der Waals surface area contributed by atoms with Crippen molar-refractivity contribution < 1.29 is 4.74 Å². The van der Waals surface area contributed by atoms with Crippen LogP contribution < -0.4 is 9.64 Å². The first-order chi connectivity index (χ1) is 20.9. The van der Waals surface area contributed by atoms with Gasteiger partial charge in [-0.15, -0.1) is 0 Å². The highest BCUT2D eigenvalue weighted by molar-refractivity contribution is 6.36. The Morgan fingerprint density at radius 3 is 1.77 bits per heavy atom. The normalized spacial score (nSPS) is 14.1. The lowest BCUT2D eigenvalue weighted by Gasteiger charge is -2.36. The molecular weight excluding hydrogens is 546 g/mol. The fourth-order valence-corrected chi connectivity index (χ4v) is 8.16. The van der Waals surface area contributed by atoms with Gasteiger partial charge in [-0.1, -0.05) is 93.9 Å². The van der Waals surface area contributed by atoms with Crippen LogP contribution >= 0.6 is 11.6 Å². The monoisotopic (exact) mass is 577 g/mol. The van der Waals surface area contributed by atoms with Crippen molar-refractivity contribution in [3.05, 3.63) is 112 Å². The average molecular weight is 578 g/mol. The van der Waals surface area contributed by atoms with Gasteiger partial charge < -0.3 is 9.64 Å². The van der Waals surface area contributed by atoms with Crippen LogP contribution in [0.1, 0.15) is 61.8 Å². The zero-order chi connectivity index (χ0) is 29.1. The first kappa shape index (κ1) is 25.2. The van der Waals surface area contributed by atoms with Gasteiger partial charge in [0.25, 0.3) is 0 Å². The van der Waals surface area contributed by atoms with Crippen molar-refractivity contribution in [1.29, 1.82) is 0 Å². The second-order valence-electron chi connectivity index (χ2n) is 13.0. The van der Waals surface area contributed by atoms with E-state index in [1.807, 2.05) is 12.1 Å². The van der Waals surface area contributed by atoms with E-state index in [0.717, 1.165) is 30.2 Å². The van der Waals surface area contributed by atoms with E-state index in [2.05, 4.69) is 105 Å². The molecule has 0 radical (unpaired) electrons. The Balaban J connectivity index is 1.29. The quantitative estimate of drug-likeness (QED) is 0.153. The minimum absolute atomic E-state index is 0.469. The third kappa shape index (κ3) is 3.42. The molecule has 9 rings (SSSR count).